The Morgan fingerprint density at radius 3 is 1.86 bits per heavy atom. The lowest BCUT2D eigenvalue weighted by Gasteiger charge is -2.32. The summed E-state index contributed by atoms with van der Waals surface area (Å²) in [4.78, 5) is 42.7. The van der Waals surface area contributed by atoms with Crippen molar-refractivity contribution >= 4 is 24.1 Å². The zero-order valence-electron chi connectivity index (χ0n) is 33.5. The minimum absolute atomic E-state index is 0.0994. The van der Waals surface area contributed by atoms with Gasteiger partial charge in [0, 0.05) is 30.8 Å². The molecule has 1 saturated carbocycles. The Hall–Kier alpha value is -2.92. The number of hydrogen-bond acceptors (Lipinski definition) is 8. The number of carboxylic acid groups (broad SMARTS) is 1. The third kappa shape index (κ3) is 37.9. The van der Waals surface area contributed by atoms with Crippen LogP contribution < -0.4 is 27.4 Å². The number of hydrogen-bond donors (Lipinski definition) is 7. The van der Waals surface area contributed by atoms with Crippen molar-refractivity contribution in [2.24, 2.45) is 23.3 Å². The van der Waals surface area contributed by atoms with Crippen molar-refractivity contribution in [3.05, 3.63) is 24.0 Å². The monoisotopic (exact) mass is 714 g/mol. The van der Waals surface area contributed by atoms with E-state index in [0.29, 0.717) is 25.3 Å². The highest BCUT2D eigenvalue weighted by Gasteiger charge is 2.29. The quantitative estimate of drug-likeness (QED) is 0.0529. The first-order chi connectivity index (χ1) is 23.6. The number of carboxylic acids is 1. The molecule has 3 atom stereocenters. The van der Waals surface area contributed by atoms with E-state index in [0.717, 1.165) is 81.6 Å². The number of nitrogens with two attached hydrogens (primary N) is 2. The first-order valence-corrected chi connectivity index (χ1v) is 19.1. The topological polar surface area (TPSA) is 197 Å². The van der Waals surface area contributed by atoms with Crippen molar-refractivity contribution in [2.45, 2.75) is 177 Å². The number of allylic oxidation sites excluding steroid dienone is 2. The van der Waals surface area contributed by atoms with E-state index in [2.05, 4.69) is 69.0 Å². The molecule has 11 nitrogen and oxygen atoms in total. The number of carbonyl (C=O) groups excluding carboxylic acids is 3. The second-order valence-electron chi connectivity index (χ2n) is 13.3. The van der Waals surface area contributed by atoms with Crippen molar-refractivity contribution in [1.82, 2.24) is 16.0 Å². The van der Waals surface area contributed by atoms with E-state index < -0.39 is 5.97 Å². The molecule has 296 valence electrons. The lowest BCUT2D eigenvalue weighted by molar-refractivity contribution is -0.137. The van der Waals surface area contributed by atoms with Crippen LogP contribution >= 0.6 is 0 Å². The predicted octanol–water partition coefficient (Wildman–Crippen LogP) is 6.73. The fourth-order valence-electron chi connectivity index (χ4n) is 4.79. The van der Waals surface area contributed by atoms with Crippen LogP contribution in [0.4, 0.5) is 0 Å². The summed E-state index contributed by atoms with van der Waals surface area (Å²) in [5.74, 6) is 0.691. The molecule has 1 aliphatic carbocycles. The summed E-state index contributed by atoms with van der Waals surface area (Å²) in [5.41, 5.74) is 11.0. The maximum Gasteiger partial charge on any atom is 0.303 e. The van der Waals surface area contributed by atoms with Gasteiger partial charge in [0.25, 0.3) is 0 Å². The van der Waals surface area contributed by atoms with Gasteiger partial charge in [0.15, 0.2) is 5.78 Å². The van der Waals surface area contributed by atoms with Gasteiger partial charge in [-0.1, -0.05) is 86.8 Å². The van der Waals surface area contributed by atoms with Crippen molar-refractivity contribution in [2.75, 3.05) is 13.1 Å². The minimum Gasteiger partial charge on any atom is -0.481 e. The van der Waals surface area contributed by atoms with Crippen LogP contribution in [0.1, 0.15) is 159 Å². The standard InChI is InChI=1S/C18H34N2O2.C13H23NO3.C4H10.C3H9N.CH3NO/c1-4-10-15(13-16(21)5-2)20-17(18(22)19-6-3)14-11-8-7-9-12-14;1-4-7-12(11(3)15)14-10(2)8-5-6-9-13(16)17;1-4(2)3;1-2-3-4;2-1-3/h10,14,16-17,20-21H,4-9,11-13H2,1-3H3,(H,19,22);12,14H,2,4-9H2,1,3H3,(H,16,17);4H,1-3H3;2-4H2,1H3;1H,(H2,2,3). The van der Waals surface area contributed by atoms with Crippen LogP contribution in [0.5, 0.6) is 0 Å². The Bertz CT molecular complexity index is 870. The molecule has 0 aromatic rings. The number of ketones is 1. The molecule has 0 bridgehead atoms. The molecule has 50 heavy (non-hydrogen) atoms. The van der Waals surface area contributed by atoms with Crippen molar-refractivity contribution in [3.63, 3.8) is 0 Å². The predicted molar refractivity (Wildman–Crippen MR) is 209 cm³/mol. The molecule has 11 heteroatoms. The fraction of sp³-hybridized carbons (Fsp3) is 0.795. The number of likely N-dealkylation sites (N-methyl/N-ethyl adjacent to an activating group) is 1. The zero-order valence-corrected chi connectivity index (χ0v) is 33.5. The van der Waals surface area contributed by atoms with Crippen molar-refractivity contribution in [3.8, 4) is 0 Å². The van der Waals surface area contributed by atoms with Gasteiger partial charge in [-0.3, -0.25) is 19.2 Å². The molecule has 9 N–H and O–H groups in total. The van der Waals surface area contributed by atoms with Crippen molar-refractivity contribution in [1.29, 1.82) is 0 Å². The van der Waals surface area contributed by atoms with Crippen LogP contribution in [0.25, 0.3) is 0 Å². The van der Waals surface area contributed by atoms with Gasteiger partial charge in [0.1, 0.15) is 6.04 Å². The van der Waals surface area contributed by atoms with E-state index in [1.54, 1.807) is 6.92 Å². The number of nitrogens with one attached hydrogen (secondary N) is 3. The van der Waals surface area contributed by atoms with E-state index >= 15 is 0 Å². The number of carbonyl (C=O) groups is 4. The van der Waals surface area contributed by atoms with Gasteiger partial charge >= 0.3 is 5.97 Å². The number of unbranched alkanes of at least 4 members (excludes halogenated alkanes) is 1. The van der Waals surface area contributed by atoms with Gasteiger partial charge in [0.2, 0.25) is 12.3 Å². The summed E-state index contributed by atoms with van der Waals surface area (Å²) < 4.78 is 0. The third-order valence-electron chi connectivity index (χ3n) is 7.33. The van der Waals surface area contributed by atoms with E-state index in [9.17, 15) is 19.5 Å². The van der Waals surface area contributed by atoms with Crippen LogP contribution in [0.15, 0.2) is 24.0 Å². The summed E-state index contributed by atoms with van der Waals surface area (Å²) in [6.07, 6.45) is 15.4. The smallest absolute Gasteiger partial charge is 0.303 e. The van der Waals surface area contributed by atoms with Gasteiger partial charge in [-0.15, -0.1) is 0 Å². The average molecular weight is 714 g/mol. The van der Waals surface area contributed by atoms with Crippen LogP contribution in [0, 0.1) is 11.8 Å². The number of Topliss-reactive ketones (excluding diaryl/α,β-unsaturated/α-hetero) is 1. The van der Waals surface area contributed by atoms with Gasteiger partial charge in [-0.05, 0) is 90.0 Å². The Labute approximate surface area is 306 Å². The molecule has 2 amide bonds. The summed E-state index contributed by atoms with van der Waals surface area (Å²) in [6.45, 7) is 23.5. The highest BCUT2D eigenvalue weighted by Crippen LogP contribution is 2.27. The lowest BCUT2D eigenvalue weighted by Crippen LogP contribution is -2.49. The normalized spacial score (nSPS) is 14.2. The first kappa shape index (κ1) is 53.9. The molecule has 0 aromatic carbocycles. The molecule has 0 radical (unpaired) electrons. The number of aliphatic carboxylic acids is 1. The summed E-state index contributed by atoms with van der Waals surface area (Å²) in [5, 5.41) is 28.0. The second-order valence-corrected chi connectivity index (χ2v) is 13.3. The third-order valence-corrected chi connectivity index (χ3v) is 7.33. The van der Waals surface area contributed by atoms with E-state index in [-0.39, 0.29) is 42.7 Å². The SMILES string of the molecule is C=C(CCCCC(=O)O)NC(CCC)C(C)=O.CC(C)C.CCC=C(CC(O)CC)NC(C(=O)NCC)C1CCCCC1.CCCN.NC=O. The van der Waals surface area contributed by atoms with Crippen LogP contribution in [-0.2, 0) is 19.2 Å². The Balaban J connectivity index is -0.000000332. The Morgan fingerprint density at radius 1 is 0.940 bits per heavy atom. The van der Waals surface area contributed by atoms with E-state index in [1.165, 1.54) is 19.3 Å². The van der Waals surface area contributed by atoms with Crippen LogP contribution in [0.3, 0.4) is 0 Å². The molecular formula is C39H79N5O6. The highest BCUT2D eigenvalue weighted by molar-refractivity contribution is 5.82. The molecule has 1 aliphatic rings. The minimum atomic E-state index is -0.767. The van der Waals surface area contributed by atoms with Crippen LogP contribution in [0.2, 0.25) is 0 Å². The molecule has 0 heterocycles. The molecule has 1 rings (SSSR count). The maximum absolute atomic E-state index is 12.5. The molecule has 0 aromatic heterocycles. The largest absolute Gasteiger partial charge is 0.481 e. The number of aliphatic hydroxyl groups excluding tert-OH is 1. The van der Waals surface area contributed by atoms with Crippen molar-refractivity contribution < 1.29 is 29.4 Å². The number of rotatable bonds is 20. The van der Waals surface area contributed by atoms with E-state index in [4.69, 9.17) is 15.6 Å². The molecule has 0 saturated heterocycles. The number of aliphatic hydroxyl groups is 1. The first-order valence-electron chi connectivity index (χ1n) is 19.1. The summed E-state index contributed by atoms with van der Waals surface area (Å²) in [6, 6.07) is -0.311. The summed E-state index contributed by atoms with van der Waals surface area (Å²) >= 11 is 0. The molecular weight excluding hydrogens is 634 g/mol. The highest BCUT2D eigenvalue weighted by atomic mass is 16.4. The van der Waals surface area contributed by atoms with Crippen LogP contribution in [-0.4, -0.2) is 65.6 Å². The number of amides is 2. The molecule has 0 aliphatic heterocycles. The van der Waals surface area contributed by atoms with Gasteiger partial charge < -0.3 is 37.6 Å². The van der Waals surface area contributed by atoms with Gasteiger partial charge in [-0.25, -0.2) is 0 Å². The second kappa shape index (κ2) is 38.9. The molecule has 1 fully saturated rings. The maximum atomic E-state index is 12.5. The Kier molecular flexibility index (Phi) is 41.9. The summed E-state index contributed by atoms with van der Waals surface area (Å²) in [7, 11) is 0. The number of primary amides is 1. The van der Waals surface area contributed by atoms with Gasteiger partial charge in [0.05, 0.1) is 12.1 Å². The average Bonchev–Trinajstić information content (AvgIpc) is 3.06. The molecule has 0 spiro atoms. The lowest BCUT2D eigenvalue weighted by atomic mass is 9.83. The molecule has 3 unspecified atom stereocenters. The zero-order chi connectivity index (χ0) is 39.3. The van der Waals surface area contributed by atoms with E-state index in [1.807, 2.05) is 20.8 Å². The Morgan fingerprint density at radius 2 is 1.46 bits per heavy atom. The van der Waals surface area contributed by atoms with Gasteiger partial charge in [-0.2, -0.15) is 0 Å². The fourth-order valence-corrected chi connectivity index (χ4v) is 4.79.